The van der Waals surface area contributed by atoms with Crippen molar-refractivity contribution < 1.29 is 8.63 Å². The Morgan fingerprint density at radius 2 is 1.79 bits per heavy atom. The van der Waals surface area contributed by atoms with E-state index in [-0.39, 0.29) is 17.0 Å². The zero-order valence-corrected chi connectivity index (χ0v) is 24.5. The predicted octanol–water partition coefficient (Wildman–Crippen LogP) is 7.86. The van der Waals surface area contributed by atoms with Crippen molar-refractivity contribution in [3.8, 4) is 0 Å². The highest BCUT2D eigenvalue weighted by Gasteiger charge is 2.51. The molecule has 5 heteroatoms. The molecule has 1 saturated carbocycles. The summed E-state index contributed by atoms with van der Waals surface area (Å²) in [5.41, 5.74) is 2.87. The summed E-state index contributed by atoms with van der Waals surface area (Å²) in [5.74, 6) is 2.14. The van der Waals surface area contributed by atoms with Gasteiger partial charge in [-0.05, 0) is 73.2 Å². The number of aryl methyl sites for hydroxylation is 1. The molecule has 1 aromatic rings. The Kier molecular flexibility index (Phi) is 7.50. The van der Waals surface area contributed by atoms with E-state index in [1.165, 1.54) is 17.6 Å². The third-order valence-electron chi connectivity index (χ3n) is 8.83. The molecule has 0 aliphatic heterocycles. The summed E-state index contributed by atoms with van der Waals surface area (Å²) in [6.07, 6.45) is 4.73. The topological polar surface area (TPSA) is 38.7 Å². The van der Waals surface area contributed by atoms with Gasteiger partial charge in [-0.2, -0.15) is 0 Å². The molecule has 0 heterocycles. The summed E-state index contributed by atoms with van der Waals surface area (Å²) in [6.45, 7) is 23.1. The SMILES string of the molecule is Cc1ccc([S@](=O)(CC2=CC[C@H]3C[C@@H]2C3(C)C)=N[C@@H](CO[Si](C)(C)C(C)(C)C)C(C)C)cc1. The molecule has 0 aromatic heterocycles. The lowest BCUT2D eigenvalue weighted by Gasteiger charge is -2.56. The minimum Gasteiger partial charge on any atom is -0.415 e. The van der Waals surface area contributed by atoms with E-state index in [0.717, 1.165) is 17.2 Å². The molecule has 0 unspecified atom stereocenters. The van der Waals surface area contributed by atoms with Crippen LogP contribution in [0.5, 0.6) is 0 Å². The van der Waals surface area contributed by atoms with Gasteiger partial charge in [0.1, 0.15) is 0 Å². The Morgan fingerprint density at radius 3 is 2.27 bits per heavy atom. The first kappa shape index (κ1) is 26.7. The van der Waals surface area contributed by atoms with Gasteiger partial charge in [0.15, 0.2) is 8.32 Å². The van der Waals surface area contributed by atoms with Crippen LogP contribution in [-0.2, 0) is 14.2 Å². The van der Waals surface area contributed by atoms with Gasteiger partial charge in [-0.15, -0.1) is 0 Å². The lowest BCUT2D eigenvalue weighted by Crippen LogP contribution is -2.49. The molecule has 4 atom stereocenters. The van der Waals surface area contributed by atoms with E-state index in [9.17, 15) is 4.21 Å². The van der Waals surface area contributed by atoms with Gasteiger partial charge >= 0.3 is 0 Å². The Balaban J connectivity index is 1.98. The van der Waals surface area contributed by atoms with Crippen LogP contribution in [0, 0.1) is 30.1 Å². The van der Waals surface area contributed by atoms with E-state index in [1.807, 2.05) is 12.1 Å². The second-order valence-corrected chi connectivity index (χ2v) is 20.0. The number of fused-ring (bicyclic) bond motifs is 1. The van der Waals surface area contributed by atoms with Gasteiger partial charge in [0, 0.05) is 4.90 Å². The number of nitrogens with zero attached hydrogens (tertiary/aromatic N) is 1. The molecule has 186 valence electrons. The smallest absolute Gasteiger partial charge is 0.192 e. The van der Waals surface area contributed by atoms with Gasteiger partial charge in [-0.3, -0.25) is 0 Å². The maximum absolute atomic E-state index is 14.7. The molecule has 3 aliphatic rings. The van der Waals surface area contributed by atoms with E-state index in [0.29, 0.717) is 23.7 Å². The normalized spacial score (nSPS) is 25.1. The standard InChI is InChI=1S/C28H47NO2SSi/c1-20(2)26(18-31-33(9,10)27(4,5)6)29-32(30,24-15-11-21(3)12-16-24)19-22-13-14-23-17-25(22)28(23,7)8/h11-13,15-16,20,23,25-26H,14,17-19H2,1-10H3/t23-,25-,26-,32+/m0/s1. The fourth-order valence-corrected chi connectivity index (χ4v) is 8.33. The van der Waals surface area contributed by atoms with Crippen molar-refractivity contribution in [3.63, 3.8) is 0 Å². The molecule has 1 aromatic carbocycles. The second-order valence-electron chi connectivity index (χ2n) is 12.9. The Morgan fingerprint density at radius 1 is 1.18 bits per heavy atom. The summed E-state index contributed by atoms with van der Waals surface area (Å²) >= 11 is 0. The average molecular weight is 490 g/mol. The zero-order valence-electron chi connectivity index (χ0n) is 22.7. The zero-order chi connectivity index (χ0) is 24.8. The Bertz CT molecular complexity index is 992. The number of rotatable bonds is 8. The molecular weight excluding hydrogens is 442 g/mol. The molecule has 2 bridgehead atoms. The summed E-state index contributed by atoms with van der Waals surface area (Å²) < 4.78 is 26.5. The van der Waals surface area contributed by atoms with Crippen LogP contribution in [0.1, 0.15) is 66.9 Å². The molecule has 3 aliphatic carbocycles. The van der Waals surface area contributed by atoms with E-state index in [1.54, 1.807) is 0 Å². The molecule has 1 fully saturated rings. The summed E-state index contributed by atoms with van der Waals surface area (Å²) in [5, 5.41) is 0.145. The molecule has 0 amide bonds. The maximum Gasteiger partial charge on any atom is 0.192 e. The van der Waals surface area contributed by atoms with Crippen molar-refractivity contribution in [1.29, 1.82) is 0 Å². The maximum atomic E-state index is 14.7. The highest BCUT2D eigenvalue weighted by atomic mass is 32.2. The number of benzene rings is 1. The summed E-state index contributed by atoms with van der Waals surface area (Å²) in [4.78, 5) is 0.867. The lowest BCUT2D eigenvalue weighted by molar-refractivity contribution is -0.00546. The van der Waals surface area contributed by atoms with E-state index in [4.69, 9.17) is 8.79 Å². The first-order valence-electron chi connectivity index (χ1n) is 12.7. The molecule has 0 N–H and O–H groups in total. The van der Waals surface area contributed by atoms with Gasteiger partial charge in [0.25, 0.3) is 0 Å². The Hall–Kier alpha value is -0.913. The summed E-state index contributed by atoms with van der Waals surface area (Å²) in [7, 11) is -4.50. The molecule has 3 nitrogen and oxygen atoms in total. The number of allylic oxidation sites excluding steroid dienone is 1. The van der Waals surface area contributed by atoms with Crippen molar-refractivity contribution >= 4 is 18.0 Å². The fourth-order valence-electron chi connectivity index (χ4n) is 4.87. The van der Waals surface area contributed by atoms with Crippen molar-refractivity contribution in [2.45, 2.75) is 97.3 Å². The molecule has 0 radical (unpaired) electrons. The molecule has 33 heavy (non-hydrogen) atoms. The number of hydrogen-bond donors (Lipinski definition) is 0. The number of hydrogen-bond acceptors (Lipinski definition) is 3. The van der Waals surface area contributed by atoms with Crippen molar-refractivity contribution in [2.75, 3.05) is 12.4 Å². The largest absolute Gasteiger partial charge is 0.415 e. The van der Waals surface area contributed by atoms with Gasteiger partial charge in [0.2, 0.25) is 0 Å². The van der Waals surface area contributed by atoms with Gasteiger partial charge in [-0.25, -0.2) is 8.57 Å². The van der Waals surface area contributed by atoms with Crippen LogP contribution in [0.2, 0.25) is 18.1 Å². The van der Waals surface area contributed by atoms with E-state index >= 15 is 0 Å². The van der Waals surface area contributed by atoms with E-state index < -0.39 is 18.0 Å². The molecule has 4 rings (SSSR count). The molecule has 0 saturated heterocycles. The van der Waals surface area contributed by atoms with Crippen LogP contribution in [-0.4, -0.2) is 30.9 Å². The van der Waals surface area contributed by atoms with Gasteiger partial charge in [-0.1, -0.05) is 77.8 Å². The lowest BCUT2D eigenvalue weighted by atomic mass is 9.49. The monoisotopic (exact) mass is 489 g/mol. The van der Waals surface area contributed by atoms with Crippen LogP contribution < -0.4 is 0 Å². The minimum absolute atomic E-state index is 0.0840. The first-order chi connectivity index (χ1) is 15.1. The van der Waals surface area contributed by atoms with Crippen molar-refractivity contribution in [3.05, 3.63) is 41.5 Å². The third kappa shape index (κ3) is 5.51. The molecule has 0 spiro atoms. The summed E-state index contributed by atoms with van der Waals surface area (Å²) in [6, 6.07) is 8.12. The van der Waals surface area contributed by atoms with Crippen LogP contribution in [0.15, 0.2) is 45.2 Å². The van der Waals surface area contributed by atoms with Crippen LogP contribution in [0.4, 0.5) is 0 Å². The first-order valence-corrected chi connectivity index (χ1v) is 17.3. The average Bonchev–Trinajstić information content (AvgIpc) is 2.70. The quantitative estimate of drug-likeness (QED) is 0.275. The van der Waals surface area contributed by atoms with Crippen molar-refractivity contribution in [2.24, 2.45) is 27.5 Å². The Labute approximate surface area is 205 Å². The second kappa shape index (κ2) is 9.27. The van der Waals surface area contributed by atoms with Crippen LogP contribution >= 0.6 is 0 Å². The van der Waals surface area contributed by atoms with Crippen LogP contribution in [0.25, 0.3) is 0 Å². The van der Waals surface area contributed by atoms with Gasteiger partial charge in [0.05, 0.1) is 28.1 Å². The van der Waals surface area contributed by atoms with Crippen molar-refractivity contribution in [1.82, 2.24) is 0 Å². The predicted molar refractivity (Wildman–Crippen MR) is 145 cm³/mol. The highest BCUT2D eigenvalue weighted by molar-refractivity contribution is 7.93. The minimum atomic E-state index is -2.60. The van der Waals surface area contributed by atoms with Crippen LogP contribution in [0.3, 0.4) is 0 Å². The fraction of sp³-hybridized carbons (Fsp3) is 0.714. The molecular formula is C28H47NO2SSi. The van der Waals surface area contributed by atoms with E-state index in [2.05, 4.69) is 86.7 Å². The highest BCUT2D eigenvalue weighted by Crippen LogP contribution is 2.59. The van der Waals surface area contributed by atoms with Gasteiger partial charge < -0.3 is 4.43 Å². The third-order valence-corrected chi connectivity index (χ3v) is 15.7.